The van der Waals surface area contributed by atoms with Gasteiger partial charge in [0.15, 0.2) is 0 Å². The minimum atomic E-state index is 0.495. The van der Waals surface area contributed by atoms with Crippen molar-refractivity contribution in [3.63, 3.8) is 0 Å². The lowest BCUT2D eigenvalue weighted by Gasteiger charge is -2.19. The Morgan fingerprint density at radius 1 is 1.12 bits per heavy atom. The fraction of sp³-hybridized carbons (Fsp3) is 0.600. The van der Waals surface area contributed by atoms with E-state index in [-0.39, 0.29) is 0 Å². The fourth-order valence-corrected chi connectivity index (χ4v) is 2.05. The molecule has 2 heteroatoms. The molecule has 2 nitrogen and oxygen atoms in total. The van der Waals surface area contributed by atoms with Gasteiger partial charge in [-0.05, 0) is 31.5 Å². The highest BCUT2D eigenvalue weighted by atomic mass is 14.9. The van der Waals surface area contributed by atoms with Gasteiger partial charge in [-0.3, -0.25) is 0 Å². The Morgan fingerprint density at radius 2 is 1.88 bits per heavy atom. The molecule has 0 aromatic heterocycles. The topological polar surface area (TPSA) is 38.0 Å². The van der Waals surface area contributed by atoms with E-state index in [0.29, 0.717) is 6.04 Å². The van der Waals surface area contributed by atoms with Crippen molar-refractivity contribution >= 4 is 0 Å². The van der Waals surface area contributed by atoms with Gasteiger partial charge in [-0.2, -0.15) is 0 Å². The second-order valence-corrected chi connectivity index (χ2v) is 4.56. The first kappa shape index (κ1) is 14.2. The fourth-order valence-electron chi connectivity index (χ4n) is 2.05. The van der Waals surface area contributed by atoms with E-state index >= 15 is 0 Å². The largest absolute Gasteiger partial charge is 0.330 e. The molecular formula is C15H26N2. The third-order valence-electron chi connectivity index (χ3n) is 3.07. The van der Waals surface area contributed by atoms with Crippen LogP contribution in [0.2, 0.25) is 0 Å². The van der Waals surface area contributed by atoms with Gasteiger partial charge in [-0.1, -0.05) is 56.5 Å². The summed E-state index contributed by atoms with van der Waals surface area (Å²) in [5.74, 6) is 0. The molecule has 0 aliphatic carbocycles. The zero-order valence-electron chi connectivity index (χ0n) is 11.0. The SMILES string of the molecule is CCCCCC(NCCCN)c1ccccc1. The lowest BCUT2D eigenvalue weighted by molar-refractivity contribution is 0.471. The Morgan fingerprint density at radius 3 is 2.53 bits per heavy atom. The smallest absolute Gasteiger partial charge is 0.0320 e. The molecule has 1 atom stereocenters. The minimum absolute atomic E-state index is 0.495. The molecule has 0 bridgehead atoms. The van der Waals surface area contributed by atoms with Crippen LogP contribution in [0.3, 0.4) is 0 Å². The average molecular weight is 234 g/mol. The molecule has 0 aliphatic rings. The zero-order chi connectivity index (χ0) is 12.3. The van der Waals surface area contributed by atoms with Crippen LogP contribution in [-0.2, 0) is 0 Å². The number of nitrogens with two attached hydrogens (primary N) is 1. The number of unbranched alkanes of at least 4 members (excludes halogenated alkanes) is 2. The van der Waals surface area contributed by atoms with E-state index in [0.717, 1.165) is 19.5 Å². The third kappa shape index (κ3) is 5.85. The van der Waals surface area contributed by atoms with E-state index < -0.39 is 0 Å². The molecule has 0 fully saturated rings. The molecule has 1 unspecified atom stereocenters. The molecule has 0 saturated heterocycles. The first-order valence-corrected chi connectivity index (χ1v) is 6.87. The standard InChI is InChI=1S/C15H26N2/c1-2-3-5-11-15(17-13-8-12-16)14-9-6-4-7-10-14/h4,6-7,9-10,15,17H,2-3,5,8,11-13,16H2,1H3. The first-order chi connectivity index (χ1) is 8.38. The number of nitrogens with one attached hydrogen (secondary N) is 1. The van der Waals surface area contributed by atoms with Crippen LogP contribution in [0.4, 0.5) is 0 Å². The normalized spacial score (nSPS) is 12.6. The Labute approximate surface area is 106 Å². The molecule has 1 rings (SSSR count). The summed E-state index contributed by atoms with van der Waals surface area (Å²) in [4.78, 5) is 0. The van der Waals surface area contributed by atoms with Crippen molar-refractivity contribution in [2.75, 3.05) is 13.1 Å². The predicted octanol–water partition coefficient (Wildman–Crippen LogP) is 3.25. The summed E-state index contributed by atoms with van der Waals surface area (Å²) in [5, 5.41) is 3.62. The maximum Gasteiger partial charge on any atom is 0.0320 e. The summed E-state index contributed by atoms with van der Waals surface area (Å²) in [6.45, 7) is 4.03. The van der Waals surface area contributed by atoms with Crippen molar-refractivity contribution < 1.29 is 0 Å². The van der Waals surface area contributed by atoms with Gasteiger partial charge in [-0.25, -0.2) is 0 Å². The van der Waals surface area contributed by atoms with Gasteiger partial charge < -0.3 is 11.1 Å². The van der Waals surface area contributed by atoms with E-state index in [1.54, 1.807) is 0 Å². The van der Waals surface area contributed by atoms with Crippen LogP contribution in [0.25, 0.3) is 0 Å². The van der Waals surface area contributed by atoms with Crippen LogP contribution in [0.1, 0.15) is 50.6 Å². The van der Waals surface area contributed by atoms with Crippen LogP contribution in [0, 0.1) is 0 Å². The lowest BCUT2D eigenvalue weighted by atomic mass is 10.0. The number of hydrogen-bond donors (Lipinski definition) is 2. The Hall–Kier alpha value is -0.860. The highest BCUT2D eigenvalue weighted by Gasteiger charge is 2.09. The van der Waals surface area contributed by atoms with Gasteiger partial charge in [0.05, 0.1) is 0 Å². The van der Waals surface area contributed by atoms with E-state index in [9.17, 15) is 0 Å². The van der Waals surface area contributed by atoms with Crippen molar-refractivity contribution in [1.29, 1.82) is 0 Å². The summed E-state index contributed by atoms with van der Waals surface area (Å²) < 4.78 is 0. The minimum Gasteiger partial charge on any atom is -0.330 e. The molecule has 0 heterocycles. The van der Waals surface area contributed by atoms with Crippen molar-refractivity contribution in [2.24, 2.45) is 5.73 Å². The Kier molecular flexibility index (Phi) is 7.69. The molecule has 0 saturated carbocycles. The van der Waals surface area contributed by atoms with Gasteiger partial charge in [0.25, 0.3) is 0 Å². The summed E-state index contributed by atoms with van der Waals surface area (Å²) in [5.41, 5.74) is 6.94. The Bertz CT molecular complexity index is 262. The maximum atomic E-state index is 5.54. The van der Waals surface area contributed by atoms with Crippen molar-refractivity contribution in [3.05, 3.63) is 35.9 Å². The number of hydrogen-bond acceptors (Lipinski definition) is 2. The second-order valence-electron chi connectivity index (χ2n) is 4.56. The summed E-state index contributed by atoms with van der Waals surface area (Å²) in [7, 11) is 0. The number of rotatable bonds is 9. The molecule has 0 spiro atoms. The molecule has 0 aliphatic heterocycles. The summed E-state index contributed by atoms with van der Waals surface area (Å²) >= 11 is 0. The summed E-state index contributed by atoms with van der Waals surface area (Å²) in [6.07, 6.45) is 6.18. The Balaban J connectivity index is 2.46. The molecule has 0 amide bonds. The molecule has 17 heavy (non-hydrogen) atoms. The van der Waals surface area contributed by atoms with Crippen molar-refractivity contribution in [2.45, 2.75) is 45.1 Å². The highest BCUT2D eigenvalue weighted by Crippen LogP contribution is 2.19. The van der Waals surface area contributed by atoms with Crippen LogP contribution < -0.4 is 11.1 Å². The molecule has 1 aromatic carbocycles. The molecule has 1 aromatic rings. The van der Waals surface area contributed by atoms with Crippen LogP contribution >= 0.6 is 0 Å². The van der Waals surface area contributed by atoms with E-state index in [4.69, 9.17) is 5.73 Å². The number of benzene rings is 1. The van der Waals surface area contributed by atoms with Crippen LogP contribution in [-0.4, -0.2) is 13.1 Å². The van der Waals surface area contributed by atoms with Crippen LogP contribution in [0.15, 0.2) is 30.3 Å². The van der Waals surface area contributed by atoms with Gasteiger partial charge in [0.2, 0.25) is 0 Å². The maximum absolute atomic E-state index is 5.54. The van der Waals surface area contributed by atoms with Gasteiger partial charge in [0.1, 0.15) is 0 Å². The molecular weight excluding hydrogens is 208 g/mol. The van der Waals surface area contributed by atoms with Gasteiger partial charge >= 0.3 is 0 Å². The quantitative estimate of drug-likeness (QED) is 0.644. The third-order valence-corrected chi connectivity index (χ3v) is 3.07. The molecule has 3 N–H and O–H groups in total. The van der Waals surface area contributed by atoms with Gasteiger partial charge in [0, 0.05) is 6.04 Å². The highest BCUT2D eigenvalue weighted by molar-refractivity contribution is 5.18. The van der Waals surface area contributed by atoms with Crippen molar-refractivity contribution in [3.8, 4) is 0 Å². The van der Waals surface area contributed by atoms with Gasteiger partial charge in [-0.15, -0.1) is 0 Å². The molecule has 96 valence electrons. The zero-order valence-corrected chi connectivity index (χ0v) is 11.0. The first-order valence-electron chi connectivity index (χ1n) is 6.87. The predicted molar refractivity (Wildman–Crippen MR) is 75.0 cm³/mol. The monoisotopic (exact) mass is 234 g/mol. The lowest BCUT2D eigenvalue weighted by Crippen LogP contribution is -2.24. The molecule has 0 radical (unpaired) electrons. The second kappa shape index (κ2) is 9.20. The van der Waals surface area contributed by atoms with E-state index in [2.05, 4.69) is 42.6 Å². The van der Waals surface area contributed by atoms with Crippen molar-refractivity contribution in [1.82, 2.24) is 5.32 Å². The van der Waals surface area contributed by atoms with E-state index in [1.807, 2.05) is 0 Å². The van der Waals surface area contributed by atoms with Crippen LogP contribution in [0.5, 0.6) is 0 Å². The average Bonchev–Trinajstić information content (AvgIpc) is 2.38. The van der Waals surface area contributed by atoms with E-state index in [1.165, 1.54) is 31.2 Å². The summed E-state index contributed by atoms with van der Waals surface area (Å²) in [6, 6.07) is 11.2.